The van der Waals surface area contributed by atoms with Crippen molar-refractivity contribution in [2.45, 2.75) is 26.8 Å². The number of nitrogens with zero attached hydrogens (tertiary/aromatic N) is 1. The fraction of sp³-hybridized carbons (Fsp3) is 0.333. The molecule has 0 radical (unpaired) electrons. The summed E-state index contributed by atoms with van der Waals surface area (Å²) in [7, 11) is 0. The highest BCUT2D eigenvalue weighted by Crippen LogP contribution is 2.27. The standard InChI is InChI=1S/C12H13ClN2O2S/c1-6-4-9(8(3)18-6)7(2)15-11(16)5-10(13)14-12(15)17/h4-5,7H,1-3H3,(H,14,17). The molecule has 96 valence electrons. The lowest BCUT2D eigenvalue weighted by Gasteiger charge is -2.13. The number of aryl methyl sites for hydroxylation is 2. The zero-order valence-corrected chi connectivity index (χ0v) is 11.9. The molecule has 6 heteroatoms. The molecule has 0 bridgehead atoms. The Morgan fingerprint density at radius 2 is 2.00 bits per heavy atom. The van der Waals surface area contributed by atoms with Crippen LogP contribution >= 0.6 is 22.9 Å². The van der Waals surface area contributed by atoms with Gasteiger partial charge >= 0.3 is 5.69 Å². The molecule has 0 fully saturated rings. The van der Waals surface area contributed by atoms with Gasteiger partial charge in [-0.15, -0.1) is 11.3 Å². The predicted octanol–water partition coefficient (Wildman–Crippen LogP) is 2.48. The molecule has 0 spiro atoms. The minimum Gasteiger partial charge on any atom is -0.298 e. The Labute approximate surface area is 113 Å². The van der Waals surface area contributed by atoms with E-state index >= 15 is 0 Å². The van der Waals surface area contributed by atoms with Gasteiger partial charge in [0.25, 0.3) is 5.56 Å². The zero-order chi connectivity index (χ0) is 13.4. The number of hydrogen-bond donors (Lipinski definition) is 1. The average molecular weight is 285 g/mol. The van der Waals surface area contributed by atoms with Gasteiger partial charge in [-0.2, -0.15) is 0 Å². The maximum absolute atomic E-state index is 11.9. The second kappa shape index (κ2) is 4.74. The molecule has 2 aromatic rings. The Morgan fingerprint density at radius 1 is 1.33 bits per heavy atom. The van der Waals surface area contributed by atoms with E-state index in [-0.39, 0.29) is 16.8 Å². The number of nitrogens with one attached hydrogen (secondary N) is 1. The smallest absolute Gasteiger partial charge is 0.298 e. The maximum atomic E-state index is 11.9. The van der Waals surface area contributed by atoms with Crippen molar-refractivity contribution in [3.8, 4) is 0 Å². The number of aromatic amines is 1. The topological polar surface area (TPSA) is 54.9 Å². The molecule has 0 aliphatic heterocycles. The summed E-state index contributed by atoms with van der Waals surface area (Å²) in [4.78, 5) is 28.4. The second-order valence-electron chi connectivity index (χ2n) is 4.18. The molecule has 0 aliphatic carbocycles. The van der Waals surface area contributed by atoms with Crippen LogP contribution in [0.2, 0.25) is 5.15 Å². The lowest BCUT2D eigenvalue weighted by atomic mass is 10.1. The van der Waals surface area contributed by atoms with Crippen LogP contribution in [0.25, 0.3) is 0 Å². The van der Waals surface area contributed by atoms with Crippen LogP contribution in [0.5, 0.6) is 0 Å². The summed E-state index contributed by atoms with van der Waals surface area (Å²) in [6.45, 7) is 5.82. The highest BCUT2D eigenvalue weighted by molar-refractivity contribution is 7.12. The average Bonchev–Trinajstić information content (AvgIpc) is 2.56. The van der Waals surface area contributed by atoms with Crippen LogP contribution in [0.4, 0.5) is 0 Å². The Bertz CT molecular complexity index is 668. The van der Waals surface area contributed by atoms with Crippen molar-refractivity contribution in [1.29, 1.82) is 0 Å². The van der Waals surface area contributed by atoms with Crippen molar-refractivity contribution in [2.24, 2.45) is 0 Å². The van der Waals surface area contributed by atoms with Crippen LogP contribution in [-0.2, 0) is 0 Å². The number of aromatic nitrogens is 2. The number of hydrogen-bond acceptors (Lipinski definition) is 3. The summed E-state index contributed by atoms with van der Waals surface area (Å²) in [6.07, 6.45) is 0. The molecule has 2 rings (SSSR count). The third kappa shape index (κ3) is 2.28. The summed E-state index contributed by atoms with van der Waals surface area (Å²) < 4.78 is 1.18. The molecule has 1 unspecified atom stereocenters. The van der Waals surface area contributed by atoms with Crippen LogP contribution in [0.15, 0.2) is 21.7 Å². The SMILES string of the molecule is Cc1cc(C(C)n2c(=O)cc(Cl)[nH]c2=O)c(C)s1. The highest BCUT2D eigenvalue weighted by Gasteiger charge is 2.16. The monoisotopic (exact) mass is 284 g/mol. The van der Waals surface area contributed by atoms with Gasteiger partial charge in [0.2, 0.25) is 0 Å². The van der Waals surface area contributed by atoms with E-state index in [0.717, 1.165) is 15.3 Å². The van der Waals surface area contributed by atoms with Crippen LogP contribution < -0.4 is 11.2 Å². The van der Waals surface area contributed by atoms with Crippen molar-refractivity contribution in [1.82, 2.24) is 9.55 Å². The van der Waals surface area contributed by atoms with E-state index < -0.39 is 5.69 Å². The van der Waals surface area contributed by atoms with E-state index in [1.165, 1.54) is 10.6 Å². The van der Waals surface area contributed by atoms with E-state index in [1.807, 2.05) is 26.8 Å². The normalized spacial score (nSPS) is 12.7. The van der Waals surface area contributed by atoms with E-state index in [0.29, 0.717) is 0 Å². The van der Waals surface area contributed by atoms with Gasteiger partial charge in [-0.3, -0.25) is 14.3 Å². The van der Waals surface area contributed by atoms with Crippen LogP contribution in [0, 0.1) is 13.8 Å². The molecule has 0 aromatic carbocycles. The first kappa shape index (κ1) is 13.1. The minimum atomic E-state index is -0.483. The van der Waals surface area contributed by atoms with Gasteiger partial charge in [-0.05, 0) is 32.4 Å². The zero-order valence-electron chi connectivity index (χ0n) is 10.3. The second-order valence-corrected chi connectivity index (χ2v) is 6.04. The Morgan fingerprint density at radius 3 is 2.50 bits per heavy atom. The van der Waals surface area contributed by atoms with Crippen molar-refractivity contribution in [3.63, 3.8) is 0 Å². The number of rotatable bonds is 2. The van der Waals surface area contributed by atoms with Gasteiger partial charge in [-0.1, -0.05) is 11.6 Å². The fourth-order valence-electron chi connectivity index (χ4n) is 2.05. The van der Waals surface area contributed by atoms with Gasteiger partial charge < -0.3 is 0 Å². The Hall–Kier alpha value is -1.33. The molecule has 1 atom stereocenters. The predicted molar refractivity (Wildman–Crippen MR) is 73.9 cm³/mol. The molecule has 2 aromatic heterocycles. The number of thiophene rings is 1. The van der Waals surface area contributed by atoms with Crippen LogP contribution in [0.1, 0.15) is 28.3 Å². The molecular formula is C12H13ClN2O2S. The molecule has 2 heterocycles. The third-order valence-electron chi connectivity index (χ3n) is 2.85. The first-order valence-corrected chi connectivity index (χ1v) is 6.68. The number of H-pyrrole nitrogens is 1. The van der Waals surface area contributed by atoms with Crippen molar-refractivity contribution in [2.75, 3.05) is 0 Å². The largest absolute Gasteiger partial charge is 0.330 e. The molecular weight excluding hydrogens is 272 g/mol. The lowest BCUT2D eigenvalue weighted by molar-refractivity contribution is 0.577. The molecule has 0 aliphatic rings. The molecule has 0 amide bonds. The summed E-state index contributed by atoms with van der Waals surface area (Å²) in [5, 5.41) is 0.0617. The van der Waals surface area contributed by atoms with Gasteiger partial charge in [0.15, 0.2) is 0 Å². The molecule has 0 saturated heterocycles. The summed E-state index contributed by atoms with van der Waals surface area (Å²) in [5.74, 6) is 0. The summed E-state index contributed by atoms with van der Waals surface area (Å²) in [6, 6.07) is 2.92. The highest BCUT2D eigenvalue weighted by atomic mass is 35.5. The van der Waals surface area contributed by atoms with Crippen LogP contribution in [-0.4, -0.2) is 9.55 Å². The van der Waals surface area contributed by atoms with Crippen molar-refractivity contribution in [3.05, 3.63) is 53.4 Å². The molecule has 18 heavy (non-hydrogen) atoms. The lowest BCUT2D eigenvalue weighted by Crippen LogP contribution is -2.37. The number of halogens is 1. The quantitative estimate of drug-likeness (QED) is 0.862. The summed E-state index contributed by atoms with van der Waals surface area (Å²) in [5.41, 5.74) is 0.121. The van der Waals surface area contributed by atoms with Gasteiger partial charge in [0.1, 0.15) is 5.15 Å². The first-order valence-electron chi connectivity index (χ1n) is 5.48. The summed E-state index contributed by atoms with van der Waals surface area (Å²) >= 11 is 7.29. The van der Waals surface area contributed by atoms with E-state index in [9.17, 15) is 9.59 Å². The van der Waals surface area contributed by atoms with E-state index in [1.54, 1.807) is 11.3 Å². The Balaban J connectivity index is 2.60. The van der Waals surface area contributed by atoms with Crippen molar-refractivity contribution < 1.29 is 0 Å². The van der Waals surface area contributed by atoms with Crippen molar-refractivity contribution >= 4 is 22.9 Å². The third-order valence-corrected chi connectivity index (χ3v) is 4.03. The van der Waals surface area contributed by atoms with E-state index in [2.05, 4.69) is 4.98 Å². The maximum Gasteiger partial charge on any atom is 0.330 e. The minimum absolute atomic E-state index is 0.0617. The van der Waals surface area contributed by atoms with Crippen LogP contribution in [0.3, 0.4) is 0 Å². The van der Waals surface area contributed by atoms with Gasteiger partial charge in [0, 0.05) is 15.8 Å². The van der Waals surface area contributed by atoms with E-state index in [4.69, 9.17) is 11.6 Å². The first-order chi connectivity index (χ1) is 8.40. The Kier molecular flexibility index (Phi) is 3.45. The fourth-order valence-corrected chi connectivity index (χ4v) is 3.24. The van der Waals surface area contributed by atoms with Gasteiger partial charge in [-0.25, -0.2) is 4.79 Å². The van der Waals surface area contributed by atoms with Gasteiger partial charge in [0.05, 0.1) is 6.04 Å². The molecule has 4 nitrogen and oxygen atoms in total. The molecule has 0 saturated carbocycles. The molecule has 1 N–H and O–H groups in total.